The Labute approximate surface area is 65.7 Å². The lowest BCUT2D eigenvalue weighted by Gasteiger charge is -2.11. The molecule has 1 unspecified atom stereocenters. The summed E-state index contributed by atoms with van der Waals surface area (Å²) >= 11 is 0. The van der Waals surface area contributed by atoms with Crippen LogP contribution in [0.25, 0.3) is 0 Å². The summed E-state index contributed by atoms with van der Waals surface area (Å²) in [5.74, 6) is -0.544. The fraction of sp³-hybridized carbons (Fsp3) is 1.00. The highest BCUT2D eigenvalue weighted by Crippen LogP contribution is 1.89. The minimum Gasteiger partial charge on any atom is -0.748 e. The molecule has 0 fully saturated rings. The SMILES string of the molecule is CC(CO)OCCS(=O)(=O)[O-]. The van der Waals surface area contributed by atoms with Gasteiger partial charge in [0.1, 0.15) is 0 Å². The third-order valence-corrected chi connectivity index (χ3v) is 1.66. The molecule has 0 aromatic rings. The maximum absolute atomic E-state index is 10.0. The number of ether oxygens (including phenoxy) is 1. The first kappa shape index (κ1) is 10.8. The fourth-order valence-corrected chi connectivity index (χ4v) is 0.704. The first-order valence-corrected chi connectivity index (χ1v) is 4.69. The maximum atomic E-state index is 10.0. The quantitative estimate of drug-likeness (QED) is 0.548. The van der Waals surface area contributed by atoms with Gasteiger partial charge in [-0.1, -0.05) is 0 Å². The molecule has 0 heterocycles. The van der Waals surface area contributed by atoms with E-state index in [0.717, 1.165) is 0 Å². The molecule has 0 saturated carbocycles. The van der Waals surface area contributed by atoms with E-state index in [1.807, 2.05) is 0 Å². The molecule has 0 aliphatic carbocycles. The van der Waals surface area contributed by atoms with Crippen LogP contribution >= 0.6 is 0 Å². The van der Waals surface area contributed by atoms with Gasteiger partial charge in [-0.15, -0.1) is 0 Å². The van der Waals surface area contributed by atoms with Crippen molar-refractivity contribution in [2.24, 2.45) is 0 Å². The molecule has 6 heteroatoms. The zero-order valence-electron chi connectivity index (χ0n) is 6.19. The van der Waals surface area contributed by atoms with Gasteiger partial charge >= 0.3 is 0 Å². The predicted octanol–water partition coefficient (Wildman–Crippen LogP) is -1.07. The van der Waals surface area contributed by atoms with Gasteiger partial charge < -0.3 is 14.4 Å². The van der Waals surface area contributed by atoms with Gasteiger partial charge in [0.15, 0.2) is 0 Å². The standard InChI is InChI=1S/C5H12O5S/c1-5(4-6)10-2-3-11(7,8)9/h5-6H,2-4H2,1H3,(H,7,8,9)/p-1. The molecule has 5 nitrogen and oxygen atoms in total. The Hall–Kier alpha value is -0.170. The second kappa shape index (κ2) is 4.66. The second-order valence-corrected chi connectivity index (χ2v) is 3.65. The summed E-state index contributed by atoms with van der Waals surface area (Å²) in [4.78, 5) is 0. The van der Waals surface area contributed by atoms with Crippen LogP contribution in [-0.2, 0) is 14.9 Å². The maximum Gasteiger partial charge on any atom is 0.0968 e. The van der Waals surface area contributed by atoms with Crippen molar-refractivity contribution in [1.82, 2.24) is 0 Å². The van der Waals surface area contributed by atoms with E-state index in [2.05, 4.69) is 0 Å². The van der Waals surface area contributed by atoms with Crippen LogP contribution in [0, 0.1) is 0 Å². The van der Waals surface area contributed by atoms with Crippen LogP contribution in [0.4, 0.5) is 0 Å². The molecule has 0 amide bonds. The third kappa shape index (κ3) is 7.73. The van der Waals surface area contributed by atoms with Gasteiger partial charge in [-0.05, 0) is 6.92 Å². The minimum absolute atomic E-state index is 0.159. The number of hydrogen-bond donors (Lipinski definition) is 1. The van der Waals surface area contributed by atoms with Crippen LogP contribution in [0.1, 0.15) is 6.92 Å². The average Bonchev–Trinajstić information content (AvgIpc) is 1.85. The summed E-state index contributed by atoms with van der Waals surface area (Å²) < 4.78 is 34.7. The lowest BCUT2D eigenvalue weighted by molar-refractivity contribution is 0.0330. The molecular formula is C5H11O5S-. The minimum atomic E-state index is -4.18. The zero-order valence-corrected chi connectivity index (χ0v) is 7.00. The van der Waals surface area contributed by atoms with E-state index in [0.29, 0.717) is 0 Å². The molecule has 0 radical (unpaired) electrons. The molecule has 68 valence electrons. The number of aliphatic hydroxyl groups excluding tert-OH is 1. The summed E-state index contributed by atoms with van der Waals surface area (Å²) in [6.45, 7) is 1.24. The highest BCUT2D eigenvalue weighted by Gasteiger charge is 2.00. The van der Waals surface area contributed by atoms with Gasteiger partial charge in [0.25, 0.3) is 0 Å². The summed E-state index contributed by atoms with van der Waals surface area (Å²) in [6, 6.07) is 0. The van der Waals surface area contributed by atoms with Crippen molar-refractivity contribution in [2.75, 3.05) is 19.0 Å². The molecule has 1 N–H and O–H groups in total. The Morgan fingerprint density at radius 3 is 2.55 bits per heavy atom. The Morgan fingerprint density at radius 1 is 1.64 bits per heavy atom. The molecule has 11 heavy (non-hydrogen) atoms. The van der Waals surface area contributed by atoms with Crippen LogP contribution in [0.15, 0.2) is 0 Å². The summed E-state index contributed by atoms with van der Waals surface area (Å²) in [7, 11) is -4.18. The number of hydrogen-bond acceptors (Lipinski definition) is 5. The van der Waals surface area contributed by atoms with Gasteiger partial charge in [-0.3, -0.25) is 0 Å². The summed E-state index contributed by atoms with van der Waals surface area (Å²) in [5, 5.41) is 8.41. The molecule has 0 aliphatic heterocycles. The smallest absolute Gasteiger partial charge is 0.0968 e. The normalized spacial score (nSPS) is 14.8. The van der Waals surface area contributed by atoms with E-state index in [4.69, 9.17) is 9.84 Å². The number of rotatable bonds is 5. The fourth-order valence-electron chi connectivity index (χ4n) is 0.404. The lowest BCUT2D eigenvalue weighted by atomic mass is 10.4. The molecule has 0 saturated heterocycles. The topological polar surface area (TPSA) is 86.7 Å². The molecule has 0 aromatic heterocycles. The van der Waals surface area contributed by atoms with Gasteiger partial charge in [0.05, 0.1) is 35.2 Å². The van der Waals surface area contributed by atoms with Crippen LogP contribution in [0.3, 0.4) is 0 Å². The van der Waals surface area contributed by atoms with E-state index >= 15 is 0 Å². The molecule has 0 aromatic carbocycles. The highest BCUT2D eigenvalue weighted by atomic mass is 32.2. The monoisotopic (exact) mass is 183 g/mol. The van der Waals surface area contributed by atoms with Gasteiger partial charge in [-0.2, -0.15) is 0 Å². The van der Waals surface area contributed by atoms with Gasteiger partial charge in [-0.25, -0.2) is 8.42 Å². The Bertz CT molecular complexity index is 185. The predicted molar refractivity (Wildman–Crippen MR) is 37.1 cm³/mol. The molecule has 0 bridgehead atoms. The molecule has 0 rings (SSSR count). The van der Waals surface area contributed by atoms with Crippen LogP contribution in [-0.4, -0.2) is 43.1 Å². The summed E-state index contributed by atoms with van der Waals surface area (Å²) in [5.41, 5.74) is 0. The van der Waals surface area contributed by atoms with Crippen molar-refractivity contribution in [3.8, 4) is 0 Å². The number of aliphatic hydroxyl groups is 1. The van der Waals surface area contributed by atoms with Gasteiger partial charge in [0.2, 0.25) is 0 Å². The van der Waals surface area contributed by atoms with Crippen molar-refractivity contribution >= 4 is 10.1 Å². The van der Waals surface area contributed by atoms with E-state index in [1.165, 1.54) is 0 Å². The Balaban J connectivity index is 3.43. The molecule has 0 aliphatic rings. The van der Waals surface area contributed by atoms with E-state index < -0.39 is 22.0 Å². The first-order chi connectivity index (χ1) is 4.95. The Kier molecular flexibility index (Phi) is 4.58. The van der Waals surface area contributed by atoms with E-state index in [-0.39, 0.29) is 13.2 Å². The molecule has 1 atom stereocenters. The van der Waals surface area contributed by atoms with Gasteiger partial charge in [0, 0.05) is 0 Å². The van der Waals surface area contributed by atoms with Crippen molar-refractivity contribution in [3.05, 3.63) is 0 Å². The molecular weight excluding hydrogens is 172 g/mol. The second-order valence-electron chi connectivity index (χ2n) is 2.13. The zero-order chi connectivity index (χ0) is 8.91. The largest absolute Gasteiger partial charge is 0.748 e. The molecule has 0 spiro atoms. The third-order valence-electron chi connectivity index (χ3n) is 0.993. The average molecular weight is 183 g/mol. The van der Waals surface area contributed by atoms with E-state index in [1.54, 1.807) is 6.92 Å². The summed E-state index contributed by atoms with van der Waals surface area (Å²) in [6.07, 6.45) is -0.420. The van der Waals surface area contributed by atoms with Crippen LogP contribution in [0.2, 0.25) is 0 Å². The van der Waals surface area contributed by atoms with Crippen LogP contribution < -0.4 is 0 Å². The van der Waals surface area contributed by atoms with E-state index in [9.17, 15) is 13.0 Å². The van der Waals surface area contributed by atoms with Crippen LogP contribution in [0.5, 0.6) is 0 Å². The first-order valence-electron chi connectivity index (χ1n) is 3.11. The lowest BCUT2D eigenvalue weighted by Crippen LogP contribution is -2.18. The highest BCUT2D eigenvalue weighted by molar-refractivity contribution is 7.85. The van der Waals surface area contributed by atoms with Crippen molar-refractivity contribution in [1.29, 1.82) is 0 Å². The van der Waals surface area contributed by atoms with Crippen molar-refractivity contribution < 1.29 is 22.8 Å². The van der Waals surface area contributed by atoms with Crippen molar-refractivity contribution in [2.45, 2.75) is 13.0 Å². The van der Waals surface area contributed by atoms with Crippen molar-refractivity contribution in [3.63, 3.8) is 0 Å². The Morgan fingerprint density at radius 2 is 2.18 bits per heavy atom.